The molecule has 1 aliphatic rings. The van der Waals surface area contributed by atoms with Gasteiger partial charge in [0.15, 0.2) is 0 Å². The number of methoxy groups -OCH3 is 1. The zero-order valence-electron chi connectivity index (χ0n) is 7.09. The summed E-state index contributed by atoms with van der Waals surface area (Å²) in [6.45, 7) is 2.21. The average molecular weight is 322 g/mol. The first-order valence-electron chi connectivity index (χ1n) is 3.97. The Morgan fingerprint density at radius 1 is 1.73 bits per heavy atom. The third-order valence-electron chi connectivity index (χ3n) is 2.11. The summed E-state index contributed by atoms with van der Waals surface area (Å²) < 4.78 is 6.54. The first kappa shape index (κ1) is 9.35. The summed E-state index contributed by atoms with van der Waals surface area (Å²) in [6.07, 6.45) is 6.07. The van der Waals surface area contributed by atoms with Crippen LogP contribution < -0.4 is 0 Å². The van der Waals surface area contributed by atoms with E-state index in [-0.39, 0.29) is 0 Å². The first-order valence-corrected chi connectivity index (χ1v) is 5.44. The first-order chi connectivity index (χ1) is 5.24. The molecule has 1 rings (SSSR count). The molecule has 0 aromatic carbocycles. The normalized spacial score (nSPS) is 24.5. The second kappa shape index (κ2) is 4.33. The maximum absolute atomic E-state index is 5.26. The SMILES string of the molecule is CO[C](=[W])[C@@H]1CCC=C(C)C1. The van der Waals surface area contributed by atoms with Crippen LogP contribution in [0.4, 0.5) is 0 Å². The van der Waals surface area contributed by atoms with Gasteiger partial charge in [-0.05, 0) is 0 Å². The van der Waals surface area contributed by atoms with Gasteiger partial charge >= 0.3 is 79.0 Å². The molecule has 1 atom stereocenters. The fourth-order valence-corrected chi connectivity index (χ4v) is 2.20. The van der Waals surface area contributed by atoms with E-state index in [1.165, 1.54) is 48.3 Å². The van der Waals surface area contributed by atoms with Crippen LogP contribution in [-0.4, -0.2) is 11.2 Å². The van der Waals surface area contributed by atoms with Crippen molar-refractivity contribution in [2.24, 2.45) is 5.92 Å². The van der Waals surface area contributed by atoms with Gasteiger partial charge in [0.1, 0.15) is 0 Å². The van der Waals surface area contributed by atoms with Crippen LogP contribution >= 0.6 is 0 Å². The Morgan fingerprint density at radius 2 is 2.45 bits per heavy atom. The molecule has 0 unspecified atom stereocenters. The molecule has 0 bridgehead atoms. The van der Waals surface area contributed by atoms with Crippen LogP contribution in [0.3, 0.4) is 0 Å². The van der Waals surface area contributed by atoms with E-state index in [0.717, 1.165) is 0 Å². The Labute approximate surface area is 79.2 Å². The molecular weight excluding hydrogens is 308 g/mol. The molecule has 0 fully saturated rings. The second-order valence-corrected chi connectivity index (χ2v) is 4.50. The molecule has 0 radical (unpaired) electrons. The molecule has 0 aromatic rings. The topological polar surface area (TPSA) is 9.23 Å². The minimum absolute atomic E-state index is 0.708. The van der Waals surface area contributed by atoms with E-state index in [0.29, 0.717) is 5.92 Å². The van der Waals surface area contributed by atoms with Crippen molar-refractivity contribution in [3.8, 4) is 0 Å². The Kier molecular flexibility index (Phi) is 3.68. The van der Waals surface area contributed by atoms with Crippen molar-refractivity contribution in [1.82, 2.24) is 0 Å². The third-order valence-corrected chi connectivity index (χ3v) is 3.91. The second-order valence-electron chi connectivity index (χ2n) is 3.05. The van der Waals surface area contributed by atoms with Crippen molar-refractivity contribution < 1.29 is 24.1 Å². The molecule has 0 aliphatic heterocycles. The fraction of sp³-hybridized carbons (Fsp3) is 0.667. The zero-order chi connectivity index (χ0) is 8.27. The van der Waals surface area contributed by atoms with Crippen molar-refractivity contribution in [3.05, 3.63) is 11.6 Å². The summed E-state index contributed by atoms with van der Waals surface area (Å²) >= 11 is 1.49. The van der Waals surface area contributed by atoms with Gasteiger partial charge < -0.3 is 0 Å². The standard InChI is InChI=1S/C9H14O.W/c1-8-4-3-5-9(6-8)7-10-2;/h4,9H,3,5-6H2,1-2H3;/t9-;/m1./s1. The third kappa shape index (κ3) is 2.65. The van der Waals surface area contributed by atoms with Gasteiger partial charge in [-0.1, -0.05) is 0 Å². The molecular formula is C9H14OW. The molecule has 1 aliphatic carbocycles. The van der Waals surface area contributed by atoms with Gasteiger partial charge in [0.05, 0.1) is 0 Å². The molecule has 1 nitrogen and oxygen atoms in total. The van der Waals surface area contributed by atoms with Gasteiger partial charge in [-0.15, -0.1) is 0 Å². The summed E-state index contributed by atoms with van der Waals surface area (Å²) in [5, 5.41) is 0. The van der Waals surface area contributed by atoms with Gasteiger partial charge in [0.2, 0.25) is 0 Å². The van der Waals surface area contributed by atoms with Gasteiger partial charge in [0, 0.05) is 0 Å². The molecule has 62 valence electrons. The summed E-state index contributed by atoms with van der Waals surface area (Å²) in [6, 6.07) is 0. The van der Waals surface area contributed by atoms with Crippen LogP contribution in [0.15, 0.2) is 11.6 Å². The van der Waals surface area contributed by atoms with Crippen molar-refractivity contribution in [3.63, 3.8) is 0 Å². The Bertz CT molecular complexity index is 184. The number of rotatable bonds is 2. The molecule has 0 heterocycles. The summed E-state index contributed by atoms with van der Waals surface area (Å²) in [5.74, 6) is 0.708. The van der Waals surface area contributed by atoms with Gasteiger partial charge in [0.25, 0.3) is 0 Å². The molecule has 0 saturated heterocycles. The van der Waals surface area contributed by atoms with E-state index in [1.807, 2.05) is 0 Å². The van der Waals surface area contributed by atoms with Crippen molar-refractivity contribution in [2.75, 3.05) is 7.11 Å². The Balaban J connectivity index is 2.50. The van der Waals surface area contributed by atoms with E-state index < -0.39 is 0 Å². The monoisotopic (exact) mass is 322 g/mol. The number of ether oxygens (including phenoxy) is 1. The van der Waals surface area contributed by atoms with E-state index in [4.69, 9.17) is 4.74 Å². The fourth-order valence-electron chi connectivity index (χ4n) is 1.47. The van der Waals surface area contributed by atoms with E-state index in [9.17, 15) is 0 Å². The number of hydrogen-bond donors (Lipinski definition) is 0. The Morgan fingerprint density at radius 3 is 3.00 bits per heavy atom. The van der Waals surface area contributed by atoms with Crippen molar-refractivity contribution in [2.45, 2.75) is 26.2 Å². The van der Waals surface area contributed by atoms with Crippen LogP contribution in [-0.2, 0) is 24.1 Å². The molecule has 0 amide bonds. The summed E-state index contributed by atoms with van der Waals surface area (Å²) in [4.78, 5) is 0. The Hall–Kier alpha value is 0.258. The van der Waals surface area contributed by atoms with Crippen molar-refractivity contribution in [1.29, 1.82) is 0 Å². The molecule has 0 spiro atoms. The molecule has 0 aromatic heterocycles. The quantitative estimate of drug-likeness (QED) is 0.707. The van der Waals surface area contributed by atoms with E-state index in [2.05, 4.69) is 13.0 Å². The van der Waals surface area contributed by atoms with Gasteiger partial charge in [-0.3, -0.25) is 0 Å². The molecule has 11 heavy (non-hydrogen) atoms. The zero-order valence-corrected chi connectivity index (χ0v) is 10.0. The van der Waals surface area contributed by atoms with Crippen LogP contribution in [0, 0.1) is 5.92 Å². The predicted octanol–water partition coefficient (Wildman–Crippen LogP) is 2.06. The summed E-state index contributed by atoms with van der Waals surface area (Å²) in [7, 11) is 1.79. The van der Waals surface area contributed by atoms with Crippen LogP contribution in [0.5, 0.6) is 0 Å². The van der Waals surface area contributed by atoms with Crippen LogP contribution in [0.2, 0.25) is 0 Å². The molecule has 0 saturated carbocycles. The predicted molar refractivity (Wildman–Crippen MR) is 43.1 cm³/mol. The number of allylic oxidation sites excluding steroid dienone is 2. The minimum atomic E-state index is 0.708. The van der Waals surface area contributed by atoms with Crippen LogP contribution in [0.1, 0.15) is 26.2 Å². The summed E-state index contributed by atoms with van der Waals surface area (Å²) in [5.41, 5.74) is 1.53. The molecule has 2 heteroatoms. The van der Waals surface area contributed by atoms with Gasteiger partial charge in [-0.2, -0.15) is 0 Å². The van der Waals surface area contributed by atoms with Gasteiger partial charge in [-0.25, -0.2) is 0 Å². The van der Waals surface area contributed by atoms with Crippen molar-refractivity contribution >= 4 is 4.08 Å². The van der Waals surface area contributed by atoms with E-state index in [1.54, 1.807) is 7.11 Å². The maximum atomic E-state index is 5.26. The number of hydrogen-bond acceptors (Lipinski definition) is 1. The van der Waals surface area contributed by atoms with E-state index >= 15 is 0 Å². The molecule has 0 N–H and O–H groups in total. The average Bonchev–Trinajstić information content (AvgIpc) is 2.03. The van der Waals surface area contributed by atoms with Crippen LogP contribution in [0.25, 0.3) is 0 Å².